The third-order valence-corrected chi connectivity index (χ3v) is 5.61. The van der Waals surface area contributed by atoms with E-state index in [1.807, 2.05) is 12.3 Å². The molecule has 2 aromatic heterocycles. The van der Waals surface area contributed by atoms with Crippen molar-refractivity contribution in [2.75, 3.05) is 14.2 Å². The van der Waals surface area contributed by atoms with E-state index in [2.05, 4.69) is 25.9 Å². The average molecular weight is 356 g/mol. The summed E-state index contributed by atoms with van der Waals surface area (Å²) in [6.07, 6.45) is 8.83. The Hall–Kier alpha value is -2.25. The van der Waals surface area contributed by atoms with E-state index >= 15 is 0 Å². The van der Waals surface area contributed by atoms with Gasteiger partial charge in [0.05, 0.1) is 25.4 Å². The predicted molar refractivity (Wildman–Crippen MR) is 94.9 cm³/mol. The molecule has 0 spiro atoms. The first-order valence-electron chi connectivity index (χ1n) is 8.95. The molecule has 2 saturated heterocycles. The number of hydrogen-bond acceptors (Lipinski definition) is 7. The predicted octanol–water partition coefficient (Wildman–Crippen LogP) is 1.90. The number of methoxy groups -OCH3 is 2. The minimum absolute atomic E-state index is 0.242. The average Bonchev–Trinajstić information content (AvgIpc) is 2.92. The topological polar surface area (TPSA) is 80.6 Å². The molecule has 2 aromatic rings. The maximum Gasteiger partial charge on any atom is 0.319 e. The van der Waals surface area contributed by atoms with Crippen molar-refractivity contribution in [1.82, 2.24) is 19.9 Å². The molecular weight excluding hydrogens is 332 g/mol. The summed E-state index contributed by atoms with van der Waals surface area (Å²) in [6.45, 7) is 0.871. The van der Waals surface area contributed by atoms with Gasteiger partial charge < -0.3 is 14.6 Å². The van der Waals surface area contributed by atoms with Crippen molar-refractivity contribution in [3.05, 3.63) is 41.9 Å². The quantitative estimate of drug-likeness (QED) is 0.876. The highest BCUT2D eigenvalue weighted by Gasteiger charge is 2.49. The summed E-state index contributed by atoms with van der Waals surface area (Å²) in [7, 11) is 3.07. The number of rotatable bonds is 5. The molecule has 0 radical (unpaired) electrons. The van der Waals surface area contributed by atoms with Crippen LogP contribution in [0.15, 0.2) is 30.7 Å². The highest BCUT2D eigenvalue weighted by atomic mass is 16.5. The second-order valence-electron chi connectivity index (χ2n) is 7.14. The number of piperidine rings is 1. The Bertz CT molecular complexity index is 757. The van der Waals surface area contributed by atoms with E-state index in [0.29, 0.717) is 36.4 Å². The van der Waals surface area contributed by atoms with Crippen LogP contribution in [0.1, 0.15) is 36.8 Å². The molecule has 26 heavy (non-hydrogen) atoms. The Morgan fingerprint density at radius 2 is 1.96 bits per heavy atom. The normalized spacial score (nSPS) is 28.1. The first kappa shape index (κ1) is 17.2. The number of aliphatic hydroxyl groups is 1. The smallest absolute Gasteiger partial charge is 0.319 e. The Morgan fingerprint density at radius 1 is 1.19 bits per heavy atom. The zero-order valence-corrected chi connectivity index (χ0v) is 15.1. The monoisotopic (exact) mass is 356 g/mol. The molecule has 2 aliphatic heterocycles. The summed E-state index contributed by atoms with van der Waals surface area (Å²) in [5.74, 6) is 0.388. The molecule has 2 aliphatic rings. The molecule has 138 valence electrons. The van der Waals surface area contributed by atoms with Crippen LogP contribution >= 0.6 is 0 Å². The van der Waals surface area contributed by atoms with Crippen LogP contribution < -0.4 is 9.47 Å². The minimum atomic E-state index is -0.977. The Labute approximate surface area is 153 Å². The third kappa shape index (κ3) is 3.01. The van der Waals surface area contributed by atoms with Crippen molar-refractivity contribution in [3.63, 3.8) is 0 Å². The molecule has 0 saturated carbocycles. The van der Waals surface area contributed by atoms with Crippen molar-refractivity contribution in [3.8, 4) is 11.9 Å². The van der Waals surface area contributed by atoms with Crippen molar-refractivity contribution >= 4 is 0 Å². The molecule has 4 rings (SSSR count). The highest BCUT2D eigenvalue weighted by Crippen LogP contribution is 2.47. The van der Waals surface area contributed by atoms with Crippen LogP contribution in [-0.2, 0) is 12.1 Å². The fourth-order valence-corrected chi connectivity index (χ4v) is 4.42. The van der Waals surface area contributed by atoms with E-state index < -0.39 is 5.60 Å². The number of nitrogens with zero attached hydrogens (tertiary/aromatic N) is 4. The zero-order valence-electron chi connectivity index (χ0n) is 15.1. The first-order chi connectivity index (χ1) is 12.6. The lowest BCUT2D eigenvalue weighted by molar-refractivity contribution is -0.0613. The first-order valence-corrected chi connectivity index (χ1v) is 8.95. The maximum absolute atomic E-state index is 11.4. The van der Waals surface area contributed by atoms with Crippen molar-refractivity contribution in [2.45, 2.75) is 49.9 Å². The van der Waals surface area contributed by atoms with Gasteiger partial charge >= 0.3 is 6.01 Å². The van der Waals surface area contributed by atoms with Crippen LogP contribution in [0.2, 0.25) is 0 Å². The number of fused-ring (bicyclic) bond motifs is 2. The summed E-state index contributed by atoms with van der Waals surface area (Å²) >= 11 is 0. The van der Waals surface area contributed by atoms with Gasteiger partial charge in [0.2, 0.25) is 5.88 Å². The van der Waals surface area contributed by atoms with Crippen LogP contribution in [0, 0.1) is 0 Å². The van der Waals surface area contributed by atoms with Crippen LogP contribution in [0.5, 0.6) is 11.9 Å². The standard InChI is InChI=1S/C19H24N4O3/c1-25-17-16(11-21-18(22-17)26-2)19(24)8-14-5-6-15(9-19)23(14)12-13-4-3-7-20-10-13/h3-4,7,10-11,14-15,24H,5-6,8-9,12H2,1-2H3. The van der Waals surface area contributed by atoms with Gasteiger partial charge in [-0.05, 0) is 37.3 Å². The summed E-state index contributed by atoms with van der Waals surface area (Å²) in [6, 6.07) is 4.97. The van der Waals surface area contributed by atoms with Crippen molar-refractivity contribution in [1.29, 1.82) is 0 Å². The summed E-state index contributed by atoms with van der Waals surface area (Å²) in [4.78, 5) is 15.2. The molecule has 2 unspecified atom stereocenters. The van der Waals surface area contributed by atoms with Crippen LogP contribution in [0.4, 0.5) is 0 Å². The molecule has 0 amide bonds. The number of pyridine rings is 1. The van der Waals surface area contributed by atoms with E-state index in [9.17, 15) is 5.11 Å². The van der Waals surface area contributed by atoms with Gasteiger partial charge in [0.1, 0.15) is 0 Å². The highest BCUT2D eigenvalue weighted by molar-refractivity contribution is 5.33. The number of aromatic nitrogens is 3. The molecule has 1 N–H and O–H groups in total. The number of ether oxygens (including phenoxy) is 2. The second kappa shape index (κ2) is 6.81. The fraction of sp³-hybridized carbons (Fsp3) is 0.526. The van der Waals surface area contributed by atoms with E-state index in [-0.39, 0.29) is 6.01 Å². The summed E-state index contributed by atoms with van der Waals surface area (Å²) in [5.41, 5.74) is 0.883. The van der Waals surface area contributed by atoms with Gasteiger partial charge in [0.25, 0.3) is 0 Å². The molecule has 7 nitrogen and oxygen atoms in total. The zero-order chi connectivity index (χ0) is 18.1. The second-order valence-corrected chi connectivity index (χ2v) is 7.14. The van der Waals surface area contributed by atoms with E-state index in [4.69, 9.17) is 9.47 Å². The van der Waals surface area contributed by atoms with E-state index in [0.717, 1.165) is 19.4 Å². The third-order valence-electron chi connectivity index (χ3n) is 5.61. The van der Waals surface area contributed by atoms with Gasteiger partial charge in [-0.1, -0.05) is 6.07 Å². The van der Waals surface area contributed by atoms with Crippen LogP contribution in [-0.4, -0.2) is 51.3 Å². The fourth-order valence-electron chi connectivity index (χ4n) is 4.42. The molecular formula is C19H24N4O3. The Kier molecular flexibility index (Phi) is 4.50. The summed E-state index contributed by atoms with van der Waals surface area (Å²) in [5, 5.41) is 11.4. The Morgan fingerprint density at radius 3 is 2.58 bits per heavy atom. The maximum atomic E-state index is 11.4. The molecule has 4 heterocycles. The van der Waals surface area contributed by atoms with Gasteiger partial charge in [-0.3, -0.25) is 9.88 Å². The van der Waals surface area contributed by atoms with Gasteiger partial charge in [0, 0.05) is 37.2 Å². The molecule has 0 aromatic carbocycles. The Balaban J connectivity index is 1.58. The molecule has 0 aliphatic carbocycles. The van der Waals surface area contributed by atoms with Gasteiger partial charge in [0.15, 0.2) is 0 Å². The molecule has 2 atom stereocenters. The van der Waals surface area contributed by atoms with Crippen LogP contribution in [0.3, 0.4) is 0 Å². The van der Waals surface area contributed by atoms with E-state index in [1.165, 1.54) is 12.7 Å². The minimum Gasteiger partial charge on any atom is -0.481 e. The van der Waals surface area contributed by atoms with Crippen molar-refractivity contribution in [2.24, 2.45) is 0 Å². The molecule has 2 fully saturated rings. The molecule has 7 heteroatoms. The molecule has 2 bridgehead atoms. The van der Waals surface area contributed by atoms with Gasteiger partial charge in [-0.25, -0.2) is 4.98 Å². The number of hydrogen-bond donors (Lipinski definition) is 1. The van der Waals surface area contributed by atoms with Gasteiger partial charge in [-0.2, -0.15) is 4.98 Å². The lowest BCUT2D eigenvalue weighted by Gasteiger charge is -2.44. The summed E-state index contributed by atoms with van der Waals surface area (Å²) < 4.78 is 10.5. The SMILES string of the molecule is COc1ncc(C2(O)CC3CCC(C2)N3Cc2cccnc2)c(OC)n1. The van der Waals surface area contributed by atoms with Crippen LogP contribution in [0.25, 0.3) is 0 Å². The largest absolute Gasteiger partial charge is 0.481 e. The lowest BCUT2D eigenvalue weighted by Crippen LogP contribution is -2.49. The lowest BCUT2D eigenvalue weighted by atomic mass is 9.81. The van der Waals surface area contributed by atoms with E-state index in [1.54, 1.807) is 19.5 Å². The van der Waals surface area contributed by atoms with Crippen molar-refractivity contribution < 1.29 is 14.6 Å². The van der Waals surface area contributed by atoms with Gasteiger partial charge in [-0.15, -0.1) is 0 Å².